The van der Waals surface area contributed by atoms with Crippen molar-refractivity contribution in [2.75, 3.05) is 4.90 Å². The average Bonchev–Trinajstić information content (AvgIpc) is 2.86. The van der Waals surface area contributed by atoms with Crippen LogP contribution in [-0.4, -0.2) is 11.1 Å². The minimum Gasteiger partial charge on any atom is -0.472 e. The molecule has 0 amide bonds. The van der Waals surface area contributed by atoms with E-state index in [9.17, 15) is 4.79 Å². The number of carboxylic acids is 1. The lowest BCUT2D eigenvalue weighted by Crippen LogP contribution is -2.09. The van der Waals surface area contributed by atoms with Gasteiger partial charge in [-0.05, 0) is 78.6 Å². The number of aliphatic carboxylic acids is 1. The van der Waals surface area contributed by atoms with Gasteiger partial charge in [-0.2, -0.15) is 0 Å². The van der Waals surface area contributed by atoms with Gasteiger partial charge in [-0.3, -0.25) is 0 Å². The van der Waals surface area contributed by atoms with Gasteiger partial charge in [0.15, 0.2) is 0 Å². The van der Waals surface area contributed by atoms with Crippen molar-refractivity contribution in [2.45, 2.75) is 26.7 Å². The van der Waals surface area contributed by atoms with Crippen LogP contribution in [-0.2, 0) is 11.2 Å². The molecule has 0 atom stereocenters. The summed E-state index contributed by atoms with van der Waals surface area (Å²) in [6, 6.07) is 33.4. The number of hydrogen-bond donors (Lipinski definition) is 1. The van der Waals surface area contributed by atoms with Crippen molar-refractivity contribution in [3.05, 3.63) is 114 Å². The fraction of sp³-hybridized carbons (Fsp3) is 0.129. The molecule has 4 aromatic carbocycles. The van der Waals surface area contributed by atoms with E-state index in [4.69, 9.17) is 5.11 Å². The van der Waals surface area contributed by atoms with Crippen molar-refractivity contribution >= 4 is 23.0 Å². The maximum absolute atomic E-state index is 10.7. The van der Waals surface area contributed by atoms with Gasteiger partial charge in [-0.25, -0.2) is 4.79 Å². The first kappa shape index (κ1) is 22.9. The molecule has 0 saturated heterocycles. The van der Waals surface area contributed by atoms with Crippen LogP contribution in [0.1, 0.15) is 30.0 Å². The van der Waals surface area contributed by atoms with Gasteiger partial charge in [0.1, 0.15) is 0 Å². The monoisotopic (exact) mass is 445 g/mol. The summed E-state index contributed by atoms with van der Waals surface area (Å²) < 4.78 is 0. The van der Waals surface area contributed by atoms with Gasteiger partial charge >= 0.3 is 5.97 Å². The molecule has 168 valence electrons. The molecule has 0 aliphatic heterocycles. The molecule has 1 N–H and O–H groups in total. The Morgan fingerprint density at radius 1 is 0.735 bits per heavy atom. The first-order chi connectivity index (χ1) is 16.5. The number of nitrogens with zero attached hydrogens (tertiary/aromatic N) is 1. The summed E-state index contributed by atoms with van der Waals surface area (Å²) >= 11 is 0. The Bertz CT molecular complexity index is 1310. The lowest BCUT2D eigenvalue weighted by atomic mass is 10.0. The smallest absolute Gasteiger partial charge is 0.382 e. The number of rotatable bonds is 6. The zero-order valence-corrected chi connectivity index (χ0v) is 19.5. The number of aryl methyl sites for hydroxylation is 2. The van der Waals surface area contributed by atoms with Gasteiger partial charge in [0, 0.05) is 28.5 Å². The minimum atomic E-state index is -1.13. The molecule has 0 radical (unpaired) electrons. The second-order valence-corrected chi connectivity index (χ2v) is 8.27. The maximum Gasteiger partial charge on any atom is 0.382 e. The minimum absolute atomic E-state index is 0.664. The lowest BCUT2D eigenvalue weighted by Gasteiger charge is -2.26. The Labute approximate surface area is 201 Å². The summed E-state index contributed by atoms with van der Waals surface area (Å²) in [5, 5.41) is 8.80. The molecular formula is C31H27NO2. The highest BCUT2D eigenvalue weighted by Gasteiger charge is 2.12. The third-order valence-corrected chi connectivity index (χ3v) is 5.68. The van der Waals surface area contributed by atoms with Crippen LogP contribution in [0.5, 0.6) is 0 Å². The van der Waals surface area contributed by atoms with E-state index in [0.717, 1.165) is 29.9 Å². The van der Waals surface area contributed by atoms with Crippen LogP contribution >= 0.6 is 0 Å². The Morgan fingerprint density at radius 2 is 1.21 bits per heavy atom. The molecule has 0 unspecified atom stereocenters. The summed E-state index contributed by atoms with van der Waals surface area (Å²) in [5.41, 5.74) is 8.67. The van der Waals surface area contributed by atoms with Crippen molar-refractivity contribution in [1.82, 2.24) is 0 Å². The van der Waals surface area contributed by atoms with E-state index in [0.29, 0.717) is 5.56 Å². The van der Waals surface area contributed by atoms with Crippen LogP contribution in [0.2, 0.25) is 0 Å². The first-order valence-corrected chi connectivity index (χ1v) is 11.4. The van der Waals surface area contributed by atoms with Gasteiger partial charge in [-0.15, -0.1) is 0 Å². The van der Waals surface area contributed by atoms with E-state index in [1.807, 2.05) is 24.3 Å². The lowest BCUT2D eigenvalue weighted by molar-refractivity contribution is -0.130. The van der Waals surface area contributed by atoms with E-state index in [1.54, 1.807) is 0 Å². The van der Waals surface area contributed by atoms with E-state index in [1.165, 1.54) is 22.3 Å². The highest BCUT2D eigenvalue weighted by atomic mass is 16.4. The van der Waals surface area contributed by atoms with Crippen LogP contribution in [0.25, 0.3) is 11.1 Å². The normalized spacial score (nSPS) is 10.3. The van der Waals surface area contributed by atoms with Crippen molar-refractivity contribution < 1.29 is 9.90 Å². The molecule has 34 heavy (non-hydrogen) atoms. The summed E-state index contributed by atoms with van der Waals surface area (Å²) in [4.78, 5) is 12.9. The zero-order valence-electron chi connectivity index (χ0n) is 19.5. The fourth-order valence-corrected chi connectivity index (χ4v) is 3.92. The molecule has 0 aromatic heterocycles. The summed E-state index contributed by atoms with van der Waals surface area (Å²) in [5.74, 6) is 3.70. The molecule has 3 nitrogen and oxygen atoms in total. The summed E-state index contributed by atoms with van der Waals surface area (Å²) in [6.45, 7) is 4.27. The molecule has 0 saturated carbocycles. The van der Waals surface area contributed by atoms with E-state index < -0.39 is 5.97 Å². The Hall–Kier alpha value is -4.29. The van der Waals surface area contributed by atoms with Crippen molar-refractivity contribution in [3.8, 4) is 23.0 Å². The Morgan fingerprint density at radius 3 is 1.71 bits per heavy atom. The second-order valence-electron chi connectivity index (χ2n) is 8.27. The number of carboxylic acid groups (broad SMARTS) is 1. The second kappa shape index (κ2) is 10.6. The topological polar surface area (TPSA) is 40.5 Å². The molecule has 0 heterocycles. The Balaban J connectivity index is 1.67. The standard InChI is InChI=1S/C31H27NO2/c1-3-4-24-7-12-26(13-8-24)27-14-20-30(21-15-27)32(28-16-5-23(2)6-17-28)29-18-9-25(10-19-29)11-22-31(33)34/h5-10,12-21H,3-4H2,1-2H3,(H,33,34). The van der Waals surface area contributed by atoms with Crippen LogP contribution in [0.15, 0.2) is 97.1 Å². The zero-order chi connectivity index (χ0) is 23.9. The van der Waals surface area contributed by atoms with E-state index >= 15 is 0 Å². The average molecular weight is 446 g/mol. The van der Waals surface area contributed by atoms with Crippen LogP contribution in [0.3, 0.4) is 0 Å². The number of carbonyl (C=O) groups is 1. The number of anilines is 3. The fourth-order valence-electron chi connectivity index (χ4n) is 3.92. The predicted molar refractivity (Wildman–Crippen MR) is 140 cm³/mol. The molecule has 0 bridgehead atoms. The van der Waals surface area contributed by atoms with Crippen molar-refractivity contribution in [2.24, 2.45) is 0 Å². The first-order valence-electron chi connectivity index (χ1n) is 11.4. The molecule has 3 heteroatoms. The van der Waals surface area contributed by atoms with Gasteiger partial charge < -0.3 is 10.0 Å². The molecular weight excluding hydrogens is 418 g/mol. The molecule has 0 fully saturated rings. The van der Waals surface area contributed by atoms with Gasteiger partial charge in [0.25, 0.3) is 0 Å². The number of hydrogen-bond acceptors (Lipinski definition) is 2. The van der Waals surface area contributed by atoms with Crippen molar-refractivity contribution in [1.29, 1.82) is 0 Å². The van der Waals surface area contributed by atoms with Crippen LogP contribution in [0.4, 0.5) is 17.1 Å². The van der Waals surface area contributed by atoms with E-state index in [2.05, 4.69) is 103 Å². The van der Waals surface area contributed by atoms with Gasteiger partial charge in [-0.1, -0.05) is 73.4 Å². The van der Waals surface area contributed by atoms with Gasteiger partial charge in [0.2, 0.25) is 0 Å². The third kappa shape index (κ3) is 5.54. The maximum atomic E-state index is 10.7. The quantitative estimate of drug-likeness (QED) is 0.312. The van der Waals surface area contributed by atoms with Crippen LogP contribution < -0.4 is 4.90 Å². The van der Waals surface area contributed by atoms with Crippen molar-refractivity contribution in [3.63, 3.8) is 0 Å². The van der Waals surface area contributed by atoms with E-state index in [-0.39, 0.29) is 0 Å². The van der Waals surface area contributed by atoms with Gasteiger partial charge in [0.05, 0.1) is 0 Å². The summed E-state index contributed by atoms with van der Waals surface area (Å²) in [7, 11) is 0. The molecule has 0 aliphatic carbocycles. The molecule has 0 spiro atoms. The predicted octanol–water partition coefficient (Wildman–Crippen LogP) is 7.52. The van der Waals surface area contributed by atoms with Crippen LogP contribution in [0, 0.1) is 18.8 Å². The molecule has 0 aliphatic rings. The highest BCUT2D eigenvalue weighted by molar-refractivity contribution is 5.87. The molecule has 4 rings (SSSR count). The highest BCUT2D eigenvalue weighted by Crippen LogP contribution is 2.35. The largest absolute Gasteiger partial charge is 0.472 e. The third-order valence-electron chi connectivity index (χ3n) is 5.68. The molecule has 4 aromatic rings. The number of benzene rings is 4. The summed E-state index contributed by atoms with van der Waals surface area (Å²) in [6.07, 6.45) is 2.25. The Kier molecular flexibility index (Phi) is 7.10. The SMILES string of the molecule is CCCc1ccc(-c2ccc(N(c3ccc(C)cc3)c3ccc(C#CC(=O)O)cc3)cc2)cc1.